The summed E-state index contributed by atoms with van der Waals surface area (Å²) in [6, 6.07) is 5.64. The highest BCUT2D eigenvalue weighted by Crippen LogP contribution is 2.18. The summed E-state index contributed by atoms with van der Waals surface area (Å²) in [7, 11) is -0.270. The molecule has 20 heavy (non-hydrogen) atoms. The zero-order valence-corrected chi connectivity index (χ0v) is 12.9. The topological polar surface area (TPSA) is 77.9 Å². The van der Waals surface area contributed by atoms with Crippen molar-refractivity contribution in [3.63, 3.8) is 0 Å². The second kappa shape index (κ2) is 7.03. The zero-order chi connectivity index (χ0) is 15.3. The van der Waals surface area contributed by atoms with Gasteiger partial charge in [-0.15, -0.1) is 0 Å². The summed E-state index contributed by atoms with van der Waals surface area (Å²) in [6.07, 6.45) is 0. The number of sulfonamides is 1. The molecule has 0 fully saturated rings. The molecule has 0 atom stereocenters. The molecular formula is C12H17ClN2O4S. The number of carbonyl (C=O) groups is 1. The van der Waals surface area contributed by atoms with Crippen LogP contribution in [0.15, 0.2) is 29.2 Å². The highest BCUT2D eigenvalue weighted by atomic mass is 35.5. The highest BCUT2D eigenvalue weighted by molar-refractivity contribution is 7.89. The first-order valence-electron chi connectivity index (χ1n) is 5.85. The molecule has 0 saturated carbocycles. The van der Waals surface area contributed by atoms with Crippen molar-refractivity contribution in [3.8, 4) is 0 Å². The molecule has 1 aromatic rings. The first kappa shape index (κ1) is 16.9. The van der Waals surface area contributed by atoms with Crippen LogP contribution in [0.2, 0.25) is 5.02 Å². The summed E-state index contributed by atoms with van der Waals surface area (Å²) >= 11 is 5.72. The first-order chi connectivity index (χ1) is 9.23. The molecule has 0 aromatic heterocycles. The molecule has 0 spiro atoms. The maximum absolute atomic E-state index is 12.4. The van der Waals surface area contributed by atoms with E-state index in [1.807, 2.05) is 0 Å². The van der Waals surface area contributed by atoms with Gasteiger partial charge in [-0.2, -0.15) is 4.31 Å². The van der Waals surface area contributed by atoms with Gasteiger partial charge in [-0.25, -0.2) is 8.42 Å². The van der Waals surface area contributed by atoms with E-state index in [-0.39, 0.29) is 11.4 Å². The van der Waals surface area contributed by atoms with Gasteiger partial charge in [-0.3, -0.25) is 4.79 Å². The van der Waals surface area contributed by atoms with E-state index in [9.17, 15) is 13.2 Å². The average Bonchev–Trinajstić information content (AvgIpc) is 2.34. The average molecular weight is 321 g/mol. The van der Waals surface area contributed by atoms with Gasteiger partial charge in [0.05, 0.1) is 4.90 Å². The van der Waals surface area contributed by atoms with Crippen molar-refractivity contribution in [1.29, 1.82) is 0 Å². The largest absolute Gasteiger partial charge is 0.480 e. The standard InChI is InChI=1S/C12H17ClN2O4S/c1-14(2)7-8-15(9-12(16)17)20(18,19)11-5-3-10(13)4-6-11/h3-6H,7-9H2,1-2H3,(H,16,17). The summed E-state index contributed by atoms with van der Waals surface area (Å²) in [5.74, 6) is -1.19. The van der Waals surface area contributed by atoms with Gasteiger partial charge in [-0.1, -0.05) is 11.6 Å². The molecule has 0 heterocycles. The maximum atomic E-state index is 12.4. The number of likely N-dealkylation sites (N-methyl/N-ethyl adjacent to an activating group) is 1. The van der Waals surface area contributed by atoms with Crippen LogP contribution in [-0.4, -0.2) is 62.4 Å². The highest BCUT2D eigenvalue weighted by Gasteiger charge is 2.26. The molecule has 0 aliphatic rings. The van der Waals surface area contributed by atoms with Gasteiger partial charge < -0.3 is 10.0 Å². The van der Waals surface area contributed by atoms with Crippen LogP contribution < -0.4 is 0 Å². The molecule has 0 amide bonds. The van der Waals surface area contributed by atoms with Crippen molar-refractivity contribution in [1.82, 2.24) is 9.21 Å². The molecule has 0 bridgehead atoms. The molecule has 0 unspecified atom stereocenters. The van der Waals surface area contributed by atoms with Gasteiger partial charge in [-0.05, 0) is 38.4 Å². The van der Waals surface area contributed by atoms with E-state index >= 15 is 0 Å². The number of carboxylic acid groups (broad SMARTS) is 1. The third-order valence-corrected chi connectivity index (χ3v) is 4.67. The molecule has 112 valence electrons. The lowest BCUT2D eigenvalue weighted by Crippen LogP contribution is -2.39. The number of hydrogen-bond donors (Lipinski definition) is 1. The number of nitrogens with zero attached hydrogens (tertiary/aromatic N) is 2. The minimum atomic E-state index is -3.84. The number of carboxylic acids is 1. The van der Waals surface area contributed by atoms with Crippen molar-refractivity contribution in [3.05, 3.63) is 29.3 Å². The van der Waals surface area contributed by atoms with E-state index in [2.05, 4.69) is 0 Å². The number of halogens is 1. The fraction of sp³-hybridized carbons (Fsp3) is 0.417. The van der Waals surface area contributed by atoms with E-state index < -0.39 is 22.5 Å². The molecule has 0 aliphatic heterocycles. The molecular weight excluding hydrogens is 304 g/mol. The van der Waals surface area contributed by atoms with Gasteiger partial charge in [0, 0.05) is 18.1 Å². The predicted octanol–water partition coefficient (Wildman–Crippen LogP) is 0.977. The molecule has 8 heteroatoms. The molecule has 6 nitrogen and oxygen atoms in total. The van der Waals surface area contributed by atoms with Crippen LogP contribution in [0.1, 0.15) is 0 Å². The van der Waals surface area contributed by atoms with E-state index in [1.165, 1.54) is 24.3 Å². The van der Waals surface area contributed by atoms with Crippen LogP contribution in [0.5, 0.6) is 0 Å². The Bertz CT molecular complexity index is 557. The lowest BCUT2D eigenvalue weighted by atomic mass is 10.4. The summed E-state index contributed by atoms with van der Waals surface area (Å²) < 4.78 is 25.7. The molecule has 1 N–H and O–H groups in total. The summed E-state index contributed by atoms with van der Waals surface area (Å²) in [5, 5.41) is 9.28. The maximum Gasteiger partial charge on any atom is 0.318 e. The summed E-state index contributed by atoms with van der Waals surface area (Å²) in [5.41, 5.74) is 0. The Morgan fingerprint density at radius 1 is 1.20 bits per heavy atom. The minimum Gasteiger partial charge on any atom is -0.480 e. The molecule has 0 saturated heterocycles. The fourth-order valence-electron chi connectivity index (χ4n) is 1.50. The molecule has 1 rings (SSSR count). The van der Waals surface area contributed by atoms with Crippen molar-refractivity contribution in [2.24, 2.45) is 0 Å². The quantitative estimate of drug-likeness (QED) is 0.810. The van der Waals surface area contributed by atoms with Gasteiger partial charge in [0.15, 0.2) is 0 Å². The third kappa shape index (κ3) is 4.75. The lowest BCUT2D eigenvalue weighted by Gasteiger charge is -2.22. The Morgan fingerprint density at radius 2 is 1.75 bits per heavy atom. The van der Waals surface area contributed by atoms with Crippen LogP contribution in [-0.2, 0) is 14.8 Å². The first-order valence-corrected chi connectivity index (χ1v) is 7.67. The van der Waals surface area contributed by atoms with Crippen molar-refractivity contribution >= 4 is 27.6 Å². The molecule has 0 radical (unpaired) electrons. The Morgan fingerprint density at radius 3 is 2.20 bits per heavy atom. The van der Waals surface area contributed by atoms with Crippen LogP contribution in [0, 0.1) is 0 Å². The number of hydrogen-bond acceptors (Lipinski definition) is 4. The van der Waals surface area contributed by atoms with Crippen molar-refractivity contribution < 1.29 is 18.3 Å². The van der Waals surface area contributed by atoms with Crippen molar-refractivity contribution in [2.45, 2.75) is 4.90 Å². The Labute approximate surface area is 123 Å². The van der Waals surface area contributed by atoms with Gasteiger partial charge in [0.1, 0.15) is 6.54 Å². The smallest absolute Gasteiger partial charge is 0.318 e. The van der Waals surface area contributed by atoms with Crippen LogP contribution in [0.4, 0.5) is 0 Å². The second-order valence-corrected chi connectivity index (χ2v) is 6.86. The number of benzene rings is 1. The molecule has 0 aliphatic carbocycles. The Kier molecular flexibility index (Phi) is 5.94. The van der Waals surface area contributed by atoms with Crippen LogP contribution >= 0.6 is 11.6 Å². The normalized spacial score (nSPS) is 12.1. The molecule has 1 aromatic carbocycles. The minimum absolute atomic E-state index is 0.0295. The fourth-order valence-corrected chi connectivity index (χ4v) is 3.01. The third-order valence-electron chi connectivity index (χ3n) is 2.56. The Balaban J connectivity index is 3.03. The predicted molar refractivity (Wildman–Crippen MR) is 76.4 cm³/mol. The number of rotatable bonds is 7. The monoisotopic (exact) mass is 320 g/mol. The van der Waals surface area contributed by atoms with Crippen LogP contribution in [0.3, 0.4) is 0 Å². The van der Waals surface area contributed by atoms with Crippen LogP contribution in [0.25, 0.3) is 0 Å². The number of aliphatic carboxylic acids is 1. The van der Waals surface area contributed by atoms with Gasteiger partial charge in [0.2, 0.25) is 10.0 Å². The van der Waals surface area contributed by atoms with Gasteiger partial charge in [0.25, 0.3) is 0 Å². The van der Waals surface area contributed by atoms with Crippen molar-refractivity contribution in [2.75, 3.05) is 33.7 Å². The van der Waals surface area contributed by atoms with E-state index in [0.717, 1.165) is 4.31 Å². The lowest BCUT2D eigenvalue weighted by molar-refractivity contribution is -0.137. The van der Waals surface area contributed by atoms with E-state index in [1.54, 1.807) is 19.0 Å². The second-order valence-electron chi connectivity index (χ2n) is 4.49. The van der Waals surface area contributed by atoms with E-state index in [4.69, 9.17) is 16.7 Å². The van der Waals surface area contributed by atoms with Gasteiger partial charge >= 0.3 is 5.97 Å². The SMILES string of the molecule is CN(C)CCN(CC(=O)O)S(=O)(=O)c1ccc(Cl)cc1. The van der Waals surface area contributed by atoms with E-state index in [0.29, 0.717) is 11.6 Å². The summed E-state index contributed by atoms with van der Waals surface area (Å²) in [6.45, 7) is -0.0385. The summed E-state index contributed by atoms with van der Waals surface area (Å²) in [4.78, 5) is 12.7. The zero-order valence-electron chi connectivity index (χ0n) is 11.3. The Hall–Kier alpha value is -1.15.